The molecule has 0 spiro atoms. The van der Waals surface area contributed by atoms with E-state index in [1.165, 1.54) is 12.8 Å². The van der Waals surface area contributed by atoms with Gasteiger partial charge in [0.25, 0.3) is 0 Å². The Labute approximate surface area is 112 Å². The number of hydrogen-bond acceptors (Lipinski definition) is 2. The van der Waals surface area contributed by atoms with E-state index < -0.39 is 0 Å². The first-order valence-corrected chi connectivity index (χ1v) is 7.63. The van der Waals surface area contributed by atoms with Crippen LogP contribution in [0.25, 0.3) is 0 Å². The molecule has 0 N–H and O–H groups in total. The second-order valence-corrected chi connectivity index (χ2v) is 6.29. The van der Waals surface area contributed by atoms with Gasteiger partial charge in [0.05, 0.1) is 5.92 Å². The number of carbonyl (C=O) groups excluding carboxylic acids is 1. The Morgan fingerprint density at radius 2 is 1.83 bits per heavy atom. The molecule has 0 bridgehead atoms. The monoisotopic (exact) mass is 252 g/mol. The Kier molecular flexibility index (Phi) is 4.66. The fraction of sp³-hybridized carbons (Fsp3) is 0.933. The molecular weight excluding hydrogens is 224 g/mol. The predicted octanol–water partition coefficient (Wildman–Crippen LogP) is 2.22. The molecule has 2 heterocycles. The number of nitrogens with zero attached hydrogens (tertiary/aromatic N) is 2. The van der Waals surface area contributed by atoms with E-state index in [2.05, 4.69) is 30.6 Å². The molecule has 1 atom stereocenters. The summed E-state index contributed by atoms with van der Waals surface area (Å²) >= 11 is 0. The second kappa shape index (κ2) is 6.05. The summed E-state index contributed by atoms with van der Waals surface area (Å²) in [6.07, 6.45) is 3.47. The van der Waals surface area contributed by atoms with Gasteiger partial charge in [-0.15, -0.1) is 0 Å². The zero-order valence-electron chi connectivity index (χ0n) is 12.2. The maximum Gasteiger partial charge on any atom is 0.227 e. The van der Waals surface area contributed by atoms with Crippen LogP contribution in [0.3, 0.4) is 0 Å². The average Bonchev–Trinajstić information content (AvgIpc) is 2.86. The van der Waals surface area contributed by atoms with E-state index in [9.17, 15) is 4.79 Å². The van der Waals surface area contributed by atoms with Crippen LogP contribution >= 0.6 is 0 Å². The highest BCUT2D eigenvalue weighted by Gasteiger charge is 2.32. The van der Waals surface area contributed by atoms with E-state index in [0.29, 0.717) is 5.91 Å². The first kappa shape index (κ1) is 13.9. The molecule has 2 saturated heterocycles. The summed E-state index contributed by atoms with van der Waals surface area (Å²) < 4.78 is 0. The molecule has 3 nitrogen and oxygen atoms in total. The van der Waals surface area contributed by atoms with Gasteiger partial charge < -0.3 is 9.80 Å². The minimum atomic E-state index is 0.278. The van der Waals surface area contributed by atoms with Gasteiger partial charge >= 0.3 is 0 Å². The van der Waals surface area contributed by atoms with Gasteiger partial charge in [-0.25, -0.2) is 0 Å². The molecule has 0 radical (unpaired) electrons. The van der Waals surface area contributed by atoms with Gasteiger partial charge in [0, 0.05) is 19.6 Å². The van der Waals surface area contributed by atoms with E-state index in [4.69, 9.17) is 0 Å². The Morgan fingerprint density at radius 3 is 2.33 bits per heavy atom. The Bertz CT molecular complexity index is 282. The third-order valence-electron chi connectivity index (χ3n) is 4.86. The lowest BCUT2D eigenvalue weighted by molar-refractivity contribution is -0.136. The highest BCUT2D eigenvalue weighted by atomic mass is 16.2. The van der Waals surface area contributed by atoms with Crippen LogP contribution in [0.1, 0.15) is 40.0 Å². The minimum Gasteiger partial charge on any atom is -0.342 e. The molecule has 0 aromatic heterocycles. The van der Waals surface area contributed by atoms with Crippen molar-refractivity contribution in [3.8, 4) is 0 Å². The smallest absolute Gasteiger partial charge is 0.227 e. The number of hydrogen-bond donors (Lipinski definition) is 0. The van der Waals surface area contributed by atoms with Crippen LogP contribution in [-0.2, 0) is 4.79 Å². The molecule has 1 unspecified atom stereocenters. The molecule has 0 aromatic carbocycles. The summed E-state index contributed by atoms with van der Waals surface area (Å²) in [5.41, 5.74) is 0. The quantitative estimate of drug-likeness (QED) is 0.769. The van der Waals surface area contributed by atoms with Crippen molar-refractivity contribution in [1.29, 1.82) is 0 Å². The van der Waals surface area contributed by atoms with Crippen LogP contribution < -0.4 is 0 Å². The van der Waals surface area contributed by atoms with Gasteiger partial charge in [-0.2, -0.15) is 0 Å². The Morgan fingerprint density at radius 1 is 1.17 bits per heavy atom. The van der Waals surface area contributed by atoms with Crippen molar-refractivity contribution in [3.63, 3.8) is 0 Å². The van der Waals surface area contributed by atoms with E-state index in [1.54, 1.807) is 0 Å². The first-order chi connectivity index (χ1) is 8.61. The number of piperidine rings is 1. The molecule has 2 aliphatic heterocycles. The summed E-state index contributed by atoms with van der Waals surface area (Å²) in [6.45, 7) is 11.9. The summed E-state index contributed by atoms with van der Waals surface area (Å²) in [4.78, 5) is 17.0. The number of likely N-dealkylation sites (tertiary alicyclic amines) is 2. The van der Waals surface area contributed by atoms with E-state index >= 15 is 0 Å². The highest BCUT2D eigenvalue weighted by Crippen LogP contribution is 2.26. The molecule has 1 amide bonds. The van der Waals surface area contributed by atoms with Crippen molar-refractivity contribution in [2.45, 2.75) is 40.0 Å². The van der Waals surface area contributed by atoms with Gasteiger partial charge in [-0.05, 0) is 44.2 Å². The molecule has 2 aliphatic rings. The largest absolute Gasteiger partial charge is 0.342 e. The summed E-state index contributed by atoms with van der Waals surface area (Å²) in [6, 6.07) is 0. The lowest BCUT2D eigenvalue weighted by Crippen LogP contribution is -2.43. The van der Waals surface area contributed by atoms with Crippen LogP contribution in [0.15, 0.2) is 0 Å². The molecular formula is C15H28N2O. The van der Waals surface area contributed by atoms with Crippen molar-refractivity contribution < 1.29 is 4.79 Å². The van der Waals surface area contributed by atoms with Crippen molar-refractivity contribution in [3.05, 3.63) is 0 Å². The zero-order chi connectivity index (χ0) is 13.1. The third kappa shape index (κ3) is 3.05. The number of rotatable bonds is 3. The standard InChI is InChI=1S/C15H28N2O/c1-4-16-8-5-14(11-16)15(18)17-9-6-13(7-10-17)12(2)3/h12-14H,4-11H2,1-3H3. The second-order valence-electron chi connectivity index (χ2n) is 6.29. The topological polar surface area (TPSA) is 23.6 Å². The molecule has 0 aliphatic carbocycles. The maximum atomic E-state index is 12.4. The van der Waals surface area contributed by atoms with Crippen molar-refractivity contribution >= 4 is 5.91 Å². The third-order valence-corrected chi connectivity index (χ3v) is 4.86. The summed E-state index contributed by atoms with van der Waals surface area (Å²) in [5.74, 6) is 2.29. The van der Waals surface area contributed by atoms with Gasteiger partial charge in [-0.1, -0.05) is 20.8 Å². The van der Waals surface area contributed by atoms with Gasteiger partial charge in [0.1, 0.15) is 0 Å². The van der Waals surface area contributed by atoms with Crippen LogP contribution in [-0.4, -0.2) is 48.4 Å². The van der Waals surface area contributed by atoms with Crippen LogP contribution in [0, 0.1) is 17.8 Å². The lowest BCUT2D eigenvalue weighted by Gasteiger charge is -2.35. The van der Waals surface area contributed by atoms with Crippen LogP contribution in [0.5, 0.6) is 0 Å². The molecule has 104 valence electrons. The fourth-order valence-electron chi connectivity index (χ4n) is 3.37. The highest BCUT2D eigenvalue weighted by molar-refractivity contribution is 5.79. The lowest BCUT2D eigenvalue weighted by atomic mass is 9.86. The molecule has 0 aromatic rings. The molecule has 2 fully saturated rings. The van der Waals surface area contributed by atoms with Gasteiger partial charge in [0.15, 0.2) is 0 Å². The van der Waals surface area contributed by atoms with Gasteiger partial charge in [-0.3, -0.25) is 4.79 Å². The molecule has 0 saturated carbocycles. The maximum absolute atomic E-state index is 12.4. The normalized spacial score (nSPS) is 27.1. The van der Waals surface area contributed by atoms with Crippen LogP contribution in [0.2, 0.25) is 0 Å². The van der Waals surface area contributed by atoms with E-state index in [-0.39, 0.29) is 5.92 Å². The van der Waals surface area contributed by atoms with Crippen molar-refractivity contribution in [2.75, 3.05) is 32.7 Å². The van der Waals surface area contributed by atoms with E-state index in [0.717, 1.165) is 51.0 Å². The van der Waals surface area contributed by atoms with E-state index in [1.807, 2.05) is 0 Å². The minimum absolute atomic E-state index is 0.278. The summed E-state index contributed by atoms with van der Waals surface area (Å²) in [5, 5.41) is 0. The van der Waals surface area contributed by atoms with Crippen molar-refractivity contribution in [2.24, 2.45) is 17.8 Å². The van der Waals surface area contributed by atoms with Gasteiger partial charge in [0.2, 0.25) is 5.91 Å². The predicted molar refractivity (Wildman–Crippen MR) is 74.4 cm³/mol. The fourth-order valence-corrected chi connectivity index (χ4v) is 3.37. The Balaban J connectivity index is 1.81. The van der Waals surface area contributed by atoms with Crippen molar-refractivity contribution in [1.82, 2.24) is 9.80 Å². The number of carbonyl (C=O) groups is 1. The first-order valence-electron chi connectivity index (χ1n) is 7.63. The Hall–Kier alpha value is -0.570. The van der Waals surface area contributed by atoms with Crippen LogP contribution in [0.4, 0.5) is 0 Å². The molecule has 2 rings (SSSR count). The molecule has 18 heavy (non-hydrogen) atoms. The average molecular weight is 252 g/mol. The summed E-state index contributed by atoms with van der Waals surface area (Å²) in [7, 11) is 0. The number of amides is 1. The zero-order valence-corrected chi connectivity index (χ0v) is 12.2. The molecule has 3 heteroatoms. The SMILES string of the molecule is CCN1CCC(C(=O)N2CCC(C(C)C)CC2)C1.